The van der Waals surface area contributed by atoms with Crippen LogP contribution in [-0.2, 0) is 6.54 Å². The number of benzene rings is 1. The van der Waals surface area contributed by atoms with Crippen LogP contribution in [0, 0.1) is 5.92 Å². The van der Waals surface area contributed by atoms with Crippen LogP contribution in [0.1, 0.15) is 38.7 Å². The summed E-state index contributed by atoms with van der Waals surface area (Å²) in [6.45, 7) is 13.9. The minimum atomic E-state index is -1.14. The lowest BCUT2D eigenvalue weighted by molar-refractivity contribution is 0.520. The van der Waals surface area contributed by atoms with Gasteiger partial charge in [0.05, 0.1) is 8.07 Å². The molecule has 0 aliphatic rings. The van der Waals surface area contributed by atoms with E-state index in [0.717, 1.165) is 19.0 Å². The zero-order chi connectivity index (χ0) is 14.3. The van der Waals surface area contributed by atoms with E-state index in [4.69, 9.17) is 0 Å². The Hall–Kier alpha value is -0.603. The maximum atomic E-state index is 3.54. The van der Waals surface area contributed by atoms with Gasteiger partial charge in [-0.2, -0.15) is 0 Å². The largest absolute Gasteiger partial charge is 0.313 e. The zero-order valence-corrected chi connectivity index (χ0v) is 14.4. The summed E-state index contributed by atoms with van der Waals surface area (Å²) in [5, 5.41) is 5.09. The van der Waals surface area contributed by atoms with Crippen molar-refractivity contribution < 1.29 is 0 Å². The van der Waals surface area contributed by atoms with Gasteiger partial charge in [0.2, 0.25) is 0 Å². The predicted molar refractivity (Wildman–Crippen MR) is 89.8 cm³/mol. The normalized spacial score (nSPS) is 12.1. The molecule has 1 aromatic carbocycles. The molecule has 0 heterocycles. The highest BCUT2D eigenvalue weighted by atomic mass is 28.3. The molecule has 0 atom stereocenters. The second-order valence-corrected chi connectivity index (χ2v) is 12.1. The number of unbranched alkanes of at least 4 members (excludes halogenated alkanes) is 1. The summed E-state index contributed by atoms with van der Waals surface area (Å²) in [6.07, 6.45) is 4.00. The second-order valence-electron chi connectivity index (χ2n) is 7.01. The molecule has 0 aliphatic carbocycles. The number of hydrogen-bond acceptors (Lipinski definition) is 1. The van der Waals surface area contributed by atoms with Gasteiger partial charge in [-0.1, -0.05) is 75.8 Å². The molecule has 0 spiro atoms. The van der Waals surface area contributed by atoms with Crippen molar-refractivity contribution in [3.8, 4) is 0 Å². The van der Waals surface area contributed by atoms with E-state index in [1.807, 2.05) is 0 Å². The SMILES string of the molecule is CC(C)CCCCNCc1ccc([Si](C)(C)C)cc1. The second kappa shape index (κ2) is 7.86. The summed E-state index contributed by atoms with van der Waals surface area (Å²) in [7, 11) is -1.14. The first-order valence-corrected chi connectivity index (χ1v) is 11.2. The molecule has 0 aliphatic heterocycles. The van der Waals surface area contributed by atoms with Crippen molar-refractivity contribution in [1.82, 2.24) is 5.32 Å². The standard InChI is InChI=1S/C17H31NSi/c1-15(2)8-6-7-13-18-14-16-9-11-17(12-10-16)19(3,4)5/h9-12,15,18H,6-8,13-14H2,1-5H3. The third-order valence-corrected chi connectivity index (χ3v) is 5.60. The molecule has 0 aromatic heterocycles. The smallest absolute Gasteiger partial charge is 0.0775 e. The van der Waals surface area contributed by atoms with Crippen LogP contribution in [-0.4, -0.2) is 14.6 Å². The van der Waals surface area contributed by atoms with Crippen LogP contribution in [0.4, 0.5) is 0 Å². The lowest BCUT2D eigenvalue weighted by Gasteiger charge is -2.16. The molecule has 1 rings (SSSR count). The monoisotopic (exact) mass is 277 g/mol. The fourth-order valence-corrected chi connectivity index (χ4v) is 3.32. The first-order valence-electron chi connectivity index (χ1n) is 7.69. The van der Waals surface area contributed by atoms with E-state index in [0.29, 0.717) is 0 Å². The summed E-state index contributed by atoms with van der Waals surface area (Å²) in [5.41, 5.74) is 1.41. The quantitative estimate of drug-likeness (QED) is 0.556. The van der Waals surface area contributed by atoms with Crippen molar-refractivity contribution in [2.45, 2.75) is 59.3 Å². The van der Waals surface area contributed by atoms with Crippen molar-refractivity contribution in [3.63, 3.8) is 0 Å². The van der Waals surface area contributed by atoms with Gasteiger partial charge in [0.1, 0.15) is 0 Å². The van der Waals surface area contributed by atoms with Crippen LogP contribution >= 0.6 is 0 Å². The Bertz CT molecular complexity index is 349. The van der Waals surface area contributed by atoms with Crippen LogP contribution in [0.2, 0.25) is 19.6 Å². The molecule has 0 fully saturated rings. The van der Waals surface area contributed by atoms with Gasteiger partial charge >= 0.3 is 0 Å². The third-order valence-electron chi connectivity index (χ3n) is 3.53. The maximum Gasteiger partial charge on any atom is 0.0775 e. The Balaban J connectivity index is 2.23. The first-order chi connectivity index (χ1) is 8.89. The molecule has 0 saturated heterocycles. The average Bonchev–Trinajstić information content (AvgIpc) is 2.32. The molecule has 0 saturated carbocycles. The van der Waals surface area contributed by atoms with E-state index in [-0.39, 0.29) is 0 Å². The zero-order valence-electron chi connectivity index (χ0n) is 13.4. The summed E-state index contributed by atoms with van der Waals surface area (Å²) >= 11 is 0. The topological polar surface area (TPSA) is 12.0 Å². The van der Waals surface area contributed by atoms with E-state index in [9.17, 15) is 0 Å². The van der Waals surface area contributed by atoms with Gasteiger partial charge in [-0.25, -0.2) is 0 Å². The predicted octanol–water partition coefficient (Wildman–Crippen LogP) is 4.15. The van der Waals surface area contributed by atoms with E-state index in [1.54, 1.807) is 5.19 Å². The van der Waals surface area contributed by atoms with Crippen molar-refractivity contribution in [3.05, 3.63) is 29.8 Å². The van der Waals surface area contributed by atoms with Crippen molar-refractivity contribution >= 4 is 13.3 Å². The highest BCUT2D eigenvalue weighted by molar-refractivity contribution is 6.88. The summed E-state index contributed by atoms with van der Waals surface area (Å²) in [5.74, 6) is 0.842. The third kappa shape index (κ3) is 6.93. The summed E-state index contributed by atoms with van der Waals surface area (Å²) in [4.78, 5) is 0. The first kappa shape index (κ1) is 16.5. The van der Waals surface area contributed by atoms with Crippen molar-refractivity contribution in [1.29, 1.82) is 0 Å². The van der Waals surface area contributed by atoms with Gasteiger partial charge in [0.25, 0.3) is 0 Å². The van der Waals surface area contributed by atoms with E-state index in [2.05, 4.69) is 63.1 Å². The summed E-state index contributed by atoms with van der Waals surface area (Å²) in [6, 6.07) is 9.22. The molecule has 0 unspecified atom stereocenters. The Morgan fingerprint density at radius 1 is 1.00 bits per heavy atom. The minimum Gasteiger partial charge on any atom is -0.313 e. The fourth-order valence-electron chi connectivity index (χ4n) is 2.16. The van der Waals surface area contributed by atoms with Gasteiger partial charge < -0.3 is 5.32 Å². The van der Waals surface area contributed by atoms with E-state index in [1.165, 1.54) is 24.8 Å². The Kier molecular flexibility index (Phi) is 6.80. The average molecular weight is 278 g/mol. The van der Waals surface area contributed by atoms with Gasteiger partial charge in [-0.3, -0.25) is 0 Å². The van der Waals surface area contributed by atoms with Crippen LogP contribution in [0.25, 0.3) is 0 Å². The highest BCUT2D eigenvalue weighted by Crippen LogP contribution is 2.06. The molecule has 0 radical (unpaired) electrons. The van der Waals surface area contributed by atoms with Crippen LogP contribution in [0.15, 0.2) is 24.3 Å². The number of nitrogens with one attached hydrogen (secondary N) is 1. The Morgan fingerprint density at radius 2 is 1.63 bits per heavy atom. The van der Waals surface area contributed by atoms with Gasteiger partial charge in [0, 0.05) is 6.54 Å². The molecule has 1 N–H and O–H groups in total. The van der Waals surface area contributed by atoms with E-state index < -0.39 is 8.07 Å². The molecular formula is C17H31NSi. The molecule has 1 nitrogen and oxygen atoms in total. The van der Waals surface area contributed by atoms with Gasteiger partial charge in [-0.05, 0) is 24.4 Å². The molecular weight excluding hydrogens is 246 g/mol. The Labute approximate surface area is 120 Å². The number of rotatable bonds is 8. The lowest BCUT2D eigenvalue weighted by Crippen LogP contribution is -2.37. The van der Waals surface area contributed by atoms with Gasteiger partial charge in [-0.15, -0.1) is 0 Å². The fraction of sp³-hybridized carbons (Fsp3) is 0.647. The molecule has 19 heavy (non-hydrogen) atoms. The molecule has 108 valence electrons. The van der Waals surface area contributed by atoms with Crippen molar-refractivity contribution in [2.75, 3.05) is 6.54 Å². The van der Waals surface area contributed by atoms with E-state index >= 15 is 0 Å². The van der Waals surface area contributed by atoms with Crippen LogP contribution < -0.4 is 10.5 Å². The Morgan fingerprint density at radius 3 is 2.16 bits per heavy atom. The van der Waals surface area contributed by atoms with Crippen LogP contribution in [0.5, 0.6) is 0 Å². The van der Waals surface area contributed by atoms with Crippen molar-refractivity contribution in [2.24, 2.45) is 5.92 Å². The molecule has 0 amide bonds. The van der Waals surface area contributed by atoms with Gasteiger partial charge in [0.15, 0.2) is 0 Å². The highest BCUT2D eigenvalue weighted by Gasteiger charge is 2.15. The maximum absolute atomic E-state index is 3.54. The van der Waals surface area contributed by atoms with Crippen LogP contribution in [0.3, 0.4) is 0 Å². The molecule has 1 aromatic rings. The minimum absolute atomic E-state index is 0.842. The number of hydrogen-bond donors (Lipinski definition) is 1. The lowest BCUT2D eigenvalue weighted by atomic mass is 10.1. The molecule has 0 bridgehead atoms. The molecule has 2 heteroatoms. The summed E-state index contributed by atoms with van der Waals surface area (Å²) < 4.78 is 0.